The summed E-state index contributed by atoms with van der Waals surface area (Å²) in [5, 5.41) is 10.5. The molecule has 116 valence electrons. The van der Waals surface area contributed by atoms with Crippen molar-refractivity contribution < 1.29 is 4.79 Å². The average Bonchev–Trinajstić information content (AvgIpc) is 2.46. The summed E-state index contributed by atoms with van der Waals surface area (Å²) in [6.07, 6.45) is 0. The zero-order chi connectivity index (χ0) is 16.3. The smallest absolute Gasteiger partial charge is 0.273 e. The van der Waals surface area contributed by atoms with Crippen LogP contribution < -0.4 is 10.9 Å². The second-order valence-electron chi connectivity index (χ2n) is 5.11. The number of amides is 1. The van der Waals surface area contributed by atoms with E-state index in [1.165, 1.54) is 0 Å². The number of hydrogen-bond donors (Lipinski definition) is 2. The van der Waals surface area contributed by atoms with Gasteiger partial charge in [-0.3, -0.25) is 14.6 Å². The minimum absolute atomic E-state index is 0.151. The molecule has 2 aromatic rings. The average molecular weight is 318 g/mol. The molecule has 1 aromatic carbocycles. The van der Waals surface area contributed by atoms with Crippen LogP contribution in [0.4, 0.5) is 5.69 Å². The van der Waals surface area contributed by atoms with Crippen LogP contribution in [0.15, 0.2) is 28.2 Å². The van der Waals surface area contributed by atoms with Gasteiger partial charge in [-0.05, 0) is 44.9 Å². The number of anilines is 1. The minimum Gasteiger partial charge on any atom is -0.325 e. The van der Waals surface area contributed by atoms with Crippen LogP contribution in [-0.4, -0.2) is 26.3 Å². The number of rotatable bonds is 4. The molecular weight excluding hydrogens is 300 g/mol. The molecular formula is C15H18N4O2S. The Morgan fingerprint density at radius 1 is 1.27 bits per heavy atom. The van der Waals surface area contributed by atoms with Gasteiger partial charge >= 0.3 is 0 Å². The van der Waals surface area contributed by atoms with Crippen LogP contribution in [0.3, 0.4) is 0 Å². The molecule has 0 saturated heterocycles. The number of aromatic nitrogens is 3. The van der Waals surface area contributed by atoms with E-state index in [0.717, 1.165) is 28.6 Å². The molecule has 0 bridgehead atoms. The molecule has 0 spiro atoms. The van der Waals surface area contributed by atoms with Crippen molar-refractivity contribution in [3.8, 4) is 0 Å². The Hall–Kier alpha value is -2.15. The predicted molar refractivity (Wildman–Crippen MR) is 87.3 cm³/mol. The monoisotopic (exact) mass is 318 g/mol. The fourth-order valence-electron chi connectivity index (χ4n) is 1.76. The standard InChI is InChI=1S/C15H18N4O2S/c1-8-5-6-9(2)12(7-8)16-14(21)11(4)22-15-17-13(20)10(3)18-19-15/h5-7,11H,1-4H3,(H,16,21)(H,17,19,20)/t11-/m1/s1. The maximum Gasteiger partial charge on any atom is 0.273 e. The molecule has 7 heteroatoms. The molecule has 1 heterocycles. The van der Waals surface area contributed by atoms with E-state index in [0.29, 0.717) is 10.9 Å². The maximum absolute atomic E-state index is 12.3. The summed E-state index contributed by atoms with van der Waals surface area (Å²) in [5.74, 6) is -0.151. The Balaban J connectivity index is 2.07. The maximum atomic E-state index is 12.3. The normalized spacial score (nSPS) is 12.0. The Kier molecular flexibility index (Phi) is 4.97. The zero-order valence-corrected chi connectivity index (χ0v) is 13.7. The number of carbonyl (C=O) groups excluding carboxylic acids is 1. The van der Waals surface area contributed by atoms with Gasteiger partial charge in [0.05, 0.1) is 5.25 Å². The summed E-state index contributed by atoms with van der Waals surface area (Å²) in [5.41, 5.74) is 2.88. The molecule has 22 heavy (non-hydrogen) atoms. The van der Waals surface area contributed by atoms with E-state index >= 15 is 0 Å². The van der Waals surface area contributed by atoms with E-state index in [-0.39, 0.29) is 11.5 Å². The molecule has 2 N–H and O–H groups in total. The Morgan fingerprint density at radius 3 is 2.68 bits per heavy atom. The Bertz CT molecular complexity index is 757. The summed E-state index contributed by atoms with van der Waals surface area (Å²) < 4.78 is 0. The quantitative estimate of drug-likeness (QED) is 0.844. The summed E-state index contributed by atoms with van der Waals surface area (Å²) in [4.78, 5) is 26.4. The van der Waals surface area contributed by atoms with Crippen molar-refractivity contribution >= 4 is 23.4 Å². The molecule has 0 unspecified atom stereocenters. The Morgan fingerprint density at radius 2 is 2.00 bits per heavy atom. The van der Waals surface area contributed by atoms with Crippen molar-refractivity contribution in [1.82, 2.24) is 15.2 Å². The molecule has 1 amide bonds. The number of carbonyl (C=O) groups is 1. The highest BCUT2D eigenvalue weighted by Crippen LogP contribution is 2.21. The van der Waals surface area contributed by atoms with Gasteiger partial charge in [0.15, 0.2) is 5.16 Å². The third kappa shape index (κ3) is 3.94. The molecule has 6 nitrogen and oxygen atoms in total. The second-order valence-corrected chi connectivity index (χ2v) is 6.44. The lowest BCUT2D eigenvalue weighted by Gasteiger charge is -2.13. The van der Waals surface area contributed by atoms with E-state index in [9.17, 15) is 9.59 Å². The van der Waals surface area contributed by atoms with Gasteiger partial charge in [0, 0.05) is 5.69 Å². The second kappa shape index (κ2) is 6.74. The summed E-state index contributed by atoms with van der Waals surface area (Å²) >= 11 is 1.16. The van der Waals surface area contributed by atoms with Crippen LogP contribution in [0.25, 0.3) is 0 Å². The molecule has 0 aliphatic rings. The van der Waals surface area contributed by atoms with Crippen molar-refractivity contribution in [2.45, 2.75) is 38.1 Å². The molecule has 0 saturated carbocycles. The van der Waals surface area contributed by atoms with Crippen molar-refractivity contribution in [2.75, 3.05) is 5.32 Å². The first kappa shape index (κ1) is 16.2. The minimum atomic E-state index is -0.410. The molecule has 0 aliphatic carbocycles. The van der Waals surface area contributed by atoms with Crippen LogP contribution in [-0.2, 0) is 4.79 Å². The lowest BCUT2D eigenvalue weighted by atomic mass is 10.1. The van der Waals surface area contributed by atoms with Crippen molar-refractivity contribution in [3.05, 3.63) is 45.4 Å². The summed E-state index contributed by atoms with van der Waals surface area (Å²) in [7, 11) is 0. The van der Waals surface area contributed by atoms with Gasteiger partial charge in [-0.1, -0.05) is 23.9 Å². The van der Waals surface area contributed by atoms with Crippen molar-refractivity contribution in [1.29, 1.82) is 0 Å². The van der Waals surface area contributed by atoms with Gasteiger partial charge in [0.2, 0.25) is 5.91 Å². The molecule has 0 fully saturated rings. The Labute approximate surface area is 132 Å². The topological polar surface area (TPSA) is 87.7 Å². The molecule has 2 rings (SSSR count). The molecule has 0 radical (unpaired) electrons. The number of benzene rings is 1. The number of H-pyrrole nitrogens is 1. The van der Waals surface area contributed by atoms with Gasteiger partial charge in [0.1, 0.15) is 5.69 Å². The first-order valence-corrected chi connectivity index (χ1v) is 7.73. The van der Waals surface area contributed by atoms with Crippen molar-refractivity contribution in [2.24, 2.45) is 0 Å². The van der Waals surface area contributed by atoms with Gasteiger partial charge in [-0.15, -0.1) is 10.2 Å². The van der Waals surface area contributed by atoms with E-state index in [1.54, 1.807) is 13.8 Å². The number of nitrogens with one attached hydrogen (secondary N) is 2. The number of hydrogen-bond acceptors (Lipinski definition) is 5. The first-order chi connectivity index (χ1) is 10.4. The fourth-order valence-corrected chi connectivity index (χ4v) is 2.50. The lowest BCUT2D eigenvalue weighted by molar-refractivity contribution is -0.115. The van der Waals surface area contributed by atoms with Crippen LogP contribution in [0.1, 0.15) is 23.7 Å². The lowest BCUT2D eigenvalue weighted by Crippen LogP contribution is -2.24. The van der Waals surface area contributed by atoms with E-state index in [2.05, 4.69) is 20.5 Å². The molecule has 1 atom stereocenters. The fraction of sp³-hybridized carbons (Fsp3) is 0.333. The largest absolute Gasteiger partial charge is 0.325 e. The highest BCUT2D eigenvalue weighted by atomic mass is 32.2. The van der Waals surface area contributed by atoms with Gasteiger partial charge in [-0.25, -0.2) is 0 Å². The van der Waals surface area contributed by atoms with Gasteiger partial charge in [-0.2, -0.15) is 0 Å². The van der Waals surface area contributed by atoms with Crippen LogP contribution in [0, 0.1) is 20.8 Å². The van der Waals surface area contributed by atoms with Crippen molar-refractivity contribution in [3.63, 3.8) is 0 Å². The van der Waals surface area contributed by atoms with E-state index in [1.807, 2.05) is 32.0 Å². The number of nitrogens with zero attached hydrogens (tertiary/aromatic N) is 2. The van der Waals surface area contributed by atoms with Crippen LogP contribution in [0.5, 0.6) is 0 Å². The number of aromatic amines is 1. The first-order valence-electron chi connectivity index (χ1n) is 6.85. The molecule has 1 aromatic heterocycles. The predicted octanol–water partition coefficient (Wildman–Crippen LogP) is 2.21. The number of aryl methyl sites for hydroxylation is 3. The van der Waals surface area contributed by atoms with E-state index in [4.69, 9.17) is 0 Å². The number of thioether (sulfide) groups is 1. The third-order valence-corrected chi connectivity index (χ3v) is 4.12. The zero-order valence-electron chi connectivity index (χ0n) is 12.9. The third-order valence-electron chi connectivity index (χ3n) is 3.15. The highest BCUT2D eigenvalue weighted by Gasteiger charge is 2.17. The summed E-state index contributed by atoms with van der Waals surface area (Å²) in [6.45, 7) is 7.25. The highest BCUT2D eigenvalue weighted by molar-refractivity contribution is 8.00. The summed E-state index contributed by atoms with van der Waals surface area (Å²) in [6, 6.07) is 5.89. The molecule has 0 aliphatic heterocycles. The van der Waals surface area contributed by atoms with Crippen LogP contribution >= 0.6 is 11.8 Å². The van der Waals surface area contributed by atoms with Crippen LogP contribution in [0.2, 0.25) is 0 Å². The SMILES string of the molecule is Cc1ccc(C)c(NC(=O)[C@@H](C)Sc2nnc(C)c(=O)[nH]2)c1. The van der Waals surface area contributed by atoms with Gasteiger partial charge < -0.3 is 5.32 Å². The van der Waals surface area contributed by atoms with Gasteiger partial charge in [0.25, 0.3) is 5.56 Å². The van der Waals surface area contributed by atoms with E-state index < -0.39 is 5.25 Å².